The Morgan fingerprint density at radius 2 is 1.73 bits per heavy atom. The highest BCUT2D eigenvalue weighted by atomic mass is 35.5. The van der Waals surface area contributed by atoms with Gasteiger partial charge in [-0.3, -0.25) is 0 Å². The lowest BCUT2D eigenvalue weighted by atomic mass is 9.74. The number of hydrogen-bond donors (Lipinski definition) is 1. The molecule has 0 spiro atoms. The van der Waals surface area contributed by atoms with E-state index in [0.717, 1.165) is 37.1 Å². The SMILES string of the molecule is O=S(=O)(c1ccc(NCC2(c3ccc(Cl)cc3)CCOCC2)nc1)N1CCCCC1. The van der Waals surface area contributed by atoms with Crippen molar-refractivity contribution in [3.8, 4) is 0 Å². The van der Waals surface area contributed by atoms with Crippen molar-refractivity contribution in [1.82, 2.24) is 9.29 Å². The summed E-state index contributed by atoms with van der Waals surface area (Å²) in [7, 11) is -3.46. The zero-order valence-electron chi connectivity index (χ0n) is 17.0. The van der Waals surface area contributed by atoms with Gasteiger partial charge in [0.05, 0.1) is 0 Å². The molecule has 2 aromatic rings. The minimum absolute atomic E-state index is 0.0664. The standard InChI is InChI=1S/C22H28ClN3O3S/c23-19-6-4-18(5-7-19)22(10-14-29-15-11-22)17-25-21-9-8-20(16-24-21)30(27,28)26-12-2-1-3-13-26/h4-9,16H,1-3,10-15,17H2,(H,24,25). The van der Waals surface area contributed by atoms with Crippen molar-refractivity contribution in [2.75, 3.05) is 38.2 Å². The highest BCUT2D eigenvalue weighted by Crippen LogP contribution is 2.35. The molecular weight excluding hydrogens is 422 g/mol. The molecule has 0 atom stereocenters. The summed E-state index contributed by atoms with van der Waals surface area (Å²) >= 11 is 6.07. The summed E-state index contributed by atoms with van der Waals surface area (Å²) in [5, 5.41) is 4.14. The molecule has 0 radical (unpaired) electrons. The Kier molecular flexibility index (Phi) is 6.63. The minimum Gasteiger partial charge on any atom is -0.381 e. The largest absolute Gasteiger partial charge is 0.381 e. The van der Waals surface area contributed by atoms with E-state index in [-0.39, 0.29) is 10.3 Å². The molecule has 1 aromatic carbocycles. The lowest BCUT2D eigenvalue weighted by Crippen LogP contribution is -2.40. The second kappa shape index (κ2) is 9.22. The maximum Gasteiger partial charge on any atom is 0.244 e. The topological polar surface area (TPSA) is 71.5 Å². The van der Waals surface area contributed by atoms with Crippen molar-refractivity contribution in [2.24, 2.45) is 0 Å². The van der Waals surface area contributed by atoms with Crippen LogP contribution >= 0.6 is 11.6 Å². The van der Waals surface area contributed by atoms with E-state index in [0.29, 0.717) is 38.7 Å². The predicted octanol–water partition coefficient (Wildman–Crippen LogP) is 4.07. The summed E-state index contributed by atoms with van der Waals surface area (Å²) in [5.74, 6) is 0.674. The molecule has 0 bridgehead atoms. The van der Waals surface area contributed by atoms with Crippen LogP contribution in [0.15, 0.2) is 47.5 Å². The first kappa shape index (κ1) is 21.6. The molecule has 6 nitrogen and oxygen atoms in total. The Hall–Kier alpha value is -1.67. The van der Waals surface area contributed by atoms with Crippen LogP contribution in [-0.4, -0.2) is 50.6 Å². The second-order valence-electron chi connectivity index (χ2n) is 8.10. The molecule has 30 heavy (non-hydrogen) atoms. The van der Waals surface area contributed by atoms with E-state index in [9.17, 15) is 8.42 Å². The van der Waals surface area contributed by atoms with Gasteiger partial charge in [0.25, 0.3) is 0 Å². The van der Waals surface area contributed by atoms with Crippen molar-refractivity contribution < 1.29 is 13.2 Å². The van der Waals surface area contributed by atoms with Gasteiger partial charge in [0.2, 0.25) is 10.0 Å². The van der Waals surface area contributed by atoms with Crippen molar-refractivity contribution in [3.63, 3.8) is 0 Å². The van der Waals surface area contributed by atoms with E-state index in [4.69, 9.17) is 16.3 Å². The fourth-order valence-corrected chi connectivity index (χ4v) is 5.87. The molecule has 0 unspecified atom stereocenters. The summed E-state index contributed by atoms with van der Waals surface area (Å²) in [4.78, 5) is 4.65. The van der Waals surface area contributed by atoms with Crippen molar-refractivity contribution in [1.29, 1.82) is 0 Å². The molecule has 1 N–H and O–H groups in total. The van der Waals surface area contributed by atoms with Crippen LogP contribution in [0.2, 0.25) is 5.02 Å². The van der Waals surface area contributed by atoms with Crippen LogP contribution in [0, 0.1) is 0 Å². The number of nitrogens with one attached hydrogen (secondary N) is 1. The number of sulfonamides is 1. The molecular formula is C22H28ClN3O3S. The lowest BCUT2D eigenvalue weighted by Gasteiger charge is -2.38. The first-order valence-electron chi connectivity index (χ1n) is 10.5. The van der Waals surface area contributed by atoms with Gasteiger partial charge in [-0.05, 0) is 55.5 Å². The van der Waals surface area contributed by atoms with Gasteiger partial charge in [0, 0.05) is 49.5 Å². The number of benzene rings is 1. The Balaban J connectivity index is 1.47. The van der Waals surface area contributed by atoms with E-state index >= 15 is 0 Å². The third kappa shape index (κ3) is 4.64. The number of halogens is 1. The van der Waals surface area contributed by atoms with Crippen LogP contribution in [-0.2, 0) is 20.2 Å². The fraction of sp³-hybridized carbons (Fsp3) is 0.500. The summed E-state index contributed by atoms with van der Waals surface area (Å²) in [6, 6.07) is 11.4. The molecule has 1 aromatic heterocycles. The number of piperidine rings is 1. The molecule has 162 valence electrons. The summed E-state index contributed by atoms with van der Waals surface area (Å²) in [6.07, 6.45) is 6.20. The molecule has 0 amide bonds. The zero-order valence-corrected chi connectivity index (χ0v) is 18.6. The normalized spacial score (nSPS) is 20.0. The minimum atomic E-state index is -3.46. The predicted molar refractivity (Wildman–Crippen MR) is 119 cm³/mol. The van der Waals surface area contributed by atoms with Crippen LogP contribution in [0.25, 0.3) is 0 Å². The summed E-state index contributed by atoms with van der Waals surface area (Å²) in [5.41, 5.74) is 1.16. The second-order valence-corrected chi connectivity index (χ2v) is 10.5. The molecule has 8 heteroatoms. The molecule has 2 saturated heterocycles. The fourth-order valence-electron chi connectivity index (χ4n) is 4.28. The van der Waals surface area contributed by atoms with Gasteiger partial charge in [0.1, 0.15) is 10.7 Å². The van der Waals surface area contributed by atoms with Gasteiger partial charge >= 0.3 is 0 Å². The molecule has 3 heterocycles. The van der Waals surface area contributed by atoms with Crippen LogP contribution < -0.4 is 5.32 Å². The van der Waals surface area contributed by atoms with Gasteiger partial charge in [-0.15, -0.1) is 0 Å². The highest BCUT2D eigenvalue weighted by Gasteiger charge is 2.34. The number of pyridine rings is 1. The Bertz CT molecular complexity index is 937. The van der Waals surface area contributed by atoms with E-state index in [1.54, 1.807) is 16.4 Å². The first-order valence-corrected chi connectivity index (χ1v) is 12.4. The molecule has 2 aliphatic rings. The van der Waals surface area contributed by atoms with Gasteiger partial charge < -0.3 is 10.1 Å². The first-order chi connectivity index (χ1) is 14.5. The third-order valence-electron chi connectivity index (χ3n) is 6.20. The summed E-state index contributed by atoms with van der Waals surface area (Å²) < 4.78 is 32.8. The monoisotopic (exact) mass is 449 g/mol. The quantitative estimate of drug-likeness (QED) is 0.719. The number of ether oxygens (including phenoxy) is 1. The average molecular weight is 450 g/mol. The van der Waals surface area contributed by atoms with Gasteiger partial charge in [-0.2, -0.15) is 4.31 Å². The van der Waals surface area contributed by atoms with Crippen molar-refractivity contribution >= 4 is 27.4 Å². The Labute approximate surface area is 183 Å². The van der Waals surface area contributed by atoms with Gasteiger partial charge in [0.15, 0.2) is 0 Å². The molecule has 2 fully saturated rings. The van der Waals surface area contributed by atoms with E-state index < -0.39 is 10.0 Å². The summed E-state index contributed by atoms with van der Waals surface area (Å²) in [6.45, 7) is 3.31. The van der Waals surface area contributed by atoms with Crippen LogP contribution in [0.5, 0.6) is 0 Å². The molecule has 4 rings (SSSR count). The zero-order chi connectivity index (χ0) is 21.0. The van der Waals surface area contributed by atoms with Crippen molar-refractivity contribution in [2.45, 2.75) is 42.4 Å². The molecule has 0 saturated carbocycles. The van der Waals surface area contributed by atoms with Gasteiger partial charge in [-0.1, -0.05) is 30.2 Å². The van der Waals surface area contributed by atoms with Crippen molar-refractivity contribution in [3.05, 3.63) is 53.2 Å². The van der Waals surface area contributed by atoms with E-state index in [1.807, 2.05) is 12.1 Å². The van der Waals surface area contributed by atoms with E-state index in [2.05, 4.69) is 22.4 Å². The smallest absolute Gasteiger partial charge is 0.244 e. The number of aromatic nitrogens is 1. The molecule has 2 aliphatic heterocycles. The third-order valence-corrected chi connectivity index (χ3v) is 8.34. The lowest BCUT2D eigenvalue weighted by molar-refractivity contribution is 0.0543. The number of hydrogen-bond acceptors (Lipinski definition) is 5. The Morgan fingerprint density at radius 1 is 1.03 bits per heavy atom. The Morgan fingerprint density at radius 3 is 2.37 bits per heavy atom. The van der Waals surface area contributed by atoms with Crippen LogP contribution in [0.1, 0.15) is 37.7 Å². The average Bonchev–Trinajstić information content (AvgIpc) is 2.80. The maximum absolute atomic E-state index is 12.8. The van der Waals surface area contributed by atoms with Gasteiger partial charge in [-0.25, -0.2) is 13.4 Å². The number of anilines is 1. The van der Waals surface area contributed by atoms with Crippen LogP contribution in [0.3, 0.4) is 0 Å². The molecule has 0 aliphatic carbocycles. The maximum atomic E-state index is 12.8. The number of rotatable bonds is 6. The number of nitrogens with zero attached hydrogens (tertiary/aromatic N) is 2. The van der Waals surface area contributed by atoms with Crippen LogP contribution in [0.4, 0.5) is 5.82 Å². The van der Waals surface area contributed by atoms with E-state index in [1.165, 1.54) is 11.8 Å². The highest BCUT2D eigenvalue weighted by molar-refractivity contribution is 7.89.